The van der Waals surface area contributed by atoms with Crippen LogP contribution in [-0.4, -0.2) is 68.7 Å². The van der Waals surface area contributed by atoms with Crippen molar-refractivity contribution in [2.45, 2.75) is 11.8 Å². The first-order valence-electron chi connectivity index (χ1n) is 6.89. The maximum atomic E-state index is 10.5. The summed E-state index contributed by atoms with van der Waals surface area (Å²) < 4.78 is 30.9. The SMILES string of the molecule is C[N+]12CCN(CC1)CC2.Cc1ccc(S(=O)(=O)O)cc1. The standard InChI is InChI=1S/C7H15N2.C7H8O3S/c1-9-5-2-8(3-6-9)4-7-9;1-6-2-4-7(5-3-6)11(8,9)10/h2-7H2,1H3;2-5H,1H3,(H,8,9,10)/q+1;. The molecule has 0 amide bonds. The minimum absolute atomic E-state index is 0.0666. The summed E-state index contributed by atoms with van der Waals surface area (Å²) in [7, 11) is -1.63. The molecule has 3 heterocycles. The van der Waals surface area contributed by atoms with Gasteiger partial charge in [0.1, 0.15) is 0 Å². The van der Waals surface area contributed by atoms with E-state index >= 15 is 0 Å². The molecule has 0 saturated carbocycles. The second kappa shape index (κ2) is 5.81. The van der Waals surface area contributed by atoms with E-state index in [9.17, 15) is 8.42 Å². The Bertz CT molecular complexity index is 533. The van der Waals surface area contributed by atoms with Crippen molar-refractivity contribution in [3.05, 3.63) is 29.8 Å². The minimum atomic E-state index is -4.02. The van der Waals surface area contributed by atoms with Crippen LogP contribution in [0.4, 0.5) is 0 Å². The largest absolute Gasteiger partial charge is 0.323 e. The van der Waals surface area contributed by atoms with Crippen LogP contribution in [0.5, 0.6) is 0 Å². The number of quaternary nitrogens is 1. The van der Waals surface area contributed by atoms with Gasteiger partial charge in [0, 0.05) is 19.6 Å². The number of benzene rings is 1. The molecule has 20 heavy (non-hydrogen) atoms. The van der Waals surface area contributed by atoms with Crippen LogP contribution in [0, 0.1) is 6.92 Å². The van der Waals surface area contributed by atoms with E-state index in [1.807, 2.05) is 6.92 Å². The topological polar surface area (TPSA) is 57.6 Å². The maximum Gasteiger partial charge on any atom is 0.294 e. The van der Waals surface area contributed by atoms with Crippen LogP contribution in [0.15, 0.2) is 29.2 Å². The third-order valence-electron chi connectivity index (χ3n) is 4.19. The Balaban J connectivity index is 0.000000149. The Labute approximate surface area is 121 Å². The summed E-state index contributed by atoms with van der Waals surface area (Å²) >= 11 is 0. The summed E-state index contributed by atoms with van der Waals surface area (Å²) in [5.41, 5.74) is 0.956. The zero-order valence-corrected chi connectivity index (χ0v) is 12.9. The van der Waals surface area contributed by atoms with E-state index in [1.54, 1.807) is 12.1 Å². The first kappa shape index (κ1) is 15.4. The van der Waals surface area contributed by atoms with Crippen molar-refractivity contribution in [2.24, 2.45) is 0 Å². The van der Waals surface area contributed by atoms with E-state index in [-0.39, 0.29) is 4.90 Å². The molecule has 3 saturated heterocycles. The van der Waals surface area contributed by atoms with Crippen LogP contribution in [-0.2, 0) is 10.1 Å². The number of likely N-dealkylation sites (N-methyl/N-ethyl adjacent to an activating group) is 1. The van der Waals surface area contributed by atoms with Crippen LogP contribution in [0.1, 0.15) is 5.56 Å². The van der Waals surface area contributed by atoms with E-state index in [4.69, 9.17) is 4.55 Å². The highest BCUT2D eigenvalue weighted by molar-refractivity contribution is 7.85. The molecule has 3 aliphatic heterocycles. The van der Waals surface area contributed by atoms with Crippen molar-refractivity contribution in [3.63, 3.8) is 0 Å². The van der Waals surface area contributed by atoms with E-state index in [0.29, 0.717) is 0 Å². The number of fused-ring (bicyclic) bond motifs is 3. The number of hydrogen-bond donors (Lipinski definition) is 1. The highest BCUT2D eigenvalue weighted by atomic mass is 32.2. The number of hydrogen-bond acceptors (Lipinski definition) is 3. The average molecular weight is 299 g/mol. The molecule has 112 valence electrons. The zero-order valence-electron chi connectivity index (χ0n) is 12.1. The summed E-state index contributed by atoms with van der Waals surface area (Å²) in [5, 5.41) is 0. The predicted molar refractivity (Wildman–Crippen MR) is 78.2 cm³/mol. The lowest BCUT2D eigenvalue weighted by atomic mass is 10.2. The minimum Gasteiger partial charge on any atom is -0.323 e. The Morgan fingerprint density at radius 2 is 1.50 bits per heavy atom. The Kier molecular flexibility index (Phi) is 4.49. The molecule has 3 fully saturated rings. The van der Waals surface area contributed by atoms with Gasteiger partial charge in [0.25, 0.3) is 10.1 Å². The fourth-order valence-corrected chi connectivity index (χ4v) is 3.01. The van der Waals surface area contributed by atoms with Crippen molar-refractivity contribution in [3.8, 4) is 0 Å². The quantitative estimate of drug-likeness (QED) is 0.621. The Morgan fingerprint density at radius 3 is 1.80 bits per heavy atom. The Morgan fingerprint density at radius 1 is 1.05 bits per heavy atom. The number of aryl methyl sites for hydroxylation is 1. The lowest BCUT2D eigenvalue weighted by Gasteiger charge is -2.48. The van der Waals surface area contributed by atoms with Crippen molar-refractivity contribution in [1.82, 2.24) is 4.90 Å². The fourth-order valence-electron chi connectivity index (χ4n) is 2.53. The van der Waals surface area contributed by atoms with E-state index in [0.717, 1.165) is 5.56 Å². The van der Waals surface area contributed by atoms with Crippen LogP contribution < -0.4 is 0 Å². The molecule has 4 rings (SSSR count). The van der Waals surface area contributed by atoms with Crippen molar-refractivity contribution in [1.29, 1.82) is 0 Å². The monoisotopic (exact) mass is 299 g/mol. The lowest BCUT2D eigenvalue weighted by molar-refractivity contribution is -0.922. The summed E-state index contributed by atoms with van der Waals surface area (Å²) in [4.78, 5) is 2.51. The normalized spacial score (nSPS) is 28.6. The molecule has 0 aromatic heterocycles. The molecule has 0 unspecified atom stereocenters. The first-order valence-corrected chi connectivity index (χ1v) is 8.33. The highest BCUT2D eigenvalue weighted by Gasteiger charge is 2.34. The van der Waals surface area contributed by atoms with Gasteiger partial charge < -0.3 is 4.48 Å². The van der Waals surface area contributed by atoms with Crippen molar-refractivity contribution in [2.75, 3.05) is 46.3 Å². The van der Waals surface area contributed by atoms with E-state index in [2.05, 4.69) is 11.9 Å². The van der Waals surface area contributed by atoms with Crippen LogP contribution in [0.2, 0.25) is 0 Å². The smallest absolute Gasteiger partial charge is 0.294 e. The summed E-state index contributed by atoms with van der Waals surface area (Å²) in [6, 6.07) is 5.99. The van der Waals surface area contributed by atoms with Gasteiger partial charge in [-0.1, -0.05) is 17.7 Å². The second-order valence-corrected chi connectivity index (χ2v) is 7.34. The van der Waals surface area contributed by atoms with Gasteiger partial charge in [0.15, 0.2) is 0 Å². The molecule has 5 nitrogen and oxygen atoms in total. The van der Waals surface area contributed by atoms with Gasteiger partial charge in [-0.3, -0.25) is 9.45 Å². The van der Waals surface area contributed by atoms with Gasteiger partial charge in [0.2, 0.25) is 0 Å². The summed E-state index contributed by atoms with van der Waals surface area (Å²) in [6.07, 6.45) is 0. The number of rotatable bonds is 1. The summed E-state index contributed by atoms with van der Waals surface area (Å²) in [6.45, 7) is 10.0. The van der Waals surface area contributed by atoms with Crippen LogP contribution >= 0.6 is 0 Å². The van der Waals surface area contributed by atoms with Crippen LogP contribution in [0.3, 0.4) is 0 Å². The van der Waals surface area contributed by atoms with Crippen LogP contribution in [0.25, 0.3) is 0 Å². The zero-order chi connectivity index (χ0) is 14.8. The molecule has 2 bridgehead atoms. The van der Waals surface area contributed by atoms with Gasteiger partial charge in [-0.15, -0.1) is 0 Å². The lowest BCUT2D eigenvalue weighted by Crippen LogP contribution is -2.65. The molecule has 0 radical (unpaired) electrons. The molecule has 3 aliphatic rings. The molecular formula is C14H23N2O3S+. The number of piperazine rings is 3. The van der Waals surface area contributed by atoms with Crippen molar-refractivity contribution < 1.29 is 17.5 Å². The van der Waals surface area contributed by atoms with E-state index in [1.165, 1.54) is 55.9 Å². The molecule has 6 heteroatoms. The first-order chi connectivity index (χ1) is 9.28. The van der Waals surface area contributed by atoms with Gasteiger partial charge in [-0.2, -0.15) is 8.42 Å². The molecular weight excluding hydrogens is 276 g/mol. The molecule has 1 aromatic carbocycles. The van der Waals surface area contributed by atoms with Crippen molar-refractivity contribution >= 4 is 10.1 Å². The highest BCUT2D eigenvalue weighted by Crippen LogP contribution is 2.15. The number of nitrogens with zero attached hydrogens (tertiary/aromatic N) is 2. The average Bonchev–Trinajstić information content (AvgIpc) is 2.40. The molecule has 1 aromatic rings. The molecule has 0 atom stereocenters. The predicted octanol–water partition coefficient (Wildman–Crippen LogP) is 1.00. The molecule has 0 aliphatic carbocycles. The van der Waals surface area contributed by atoms with Gasteiger partial charge >= 0.3 is 0 Å². The summed E-state index contributed by atoms with van der Waals surface area (Å²) in [5.74, 6) is 0. The molecule has 0 spiro atoms. The van der Waals surface area contributed by atoms with Gasteiger partial charge in [-0.25, -0.2) is 0 Å². The van der Waals surface area contributed by atoms with Gasteiger partial charge in [0.05, 0.1) is 31.6 Å². The fraction of sp³-hybridized carbons (Fsp3) is 0.571. The second-order valence-electron chi connectivity index (χ2n) is 5.92. The maximum absolute atomic E-state index is 10.5. The Hall–Kier alpha value is -0.950. The third kappa shape index (κ3) is 4.02. The van der Waals surface area contributed by atoms with E-state index < -0.39 is 10.1 Å². The molecule has 1 N–H and O–H groups in total. The van der Waals surface area contributed by atoms with Gasteiger partial charge in [-0.05, 0) is 19.1 Å². The third-order valence-corrected chi connectivity index (χ3v) is 5.05.